The summed E-state index contributed by atoms with van der Waals surface area (Å²) in [6.07, 6.45) is 0. The number of methoxy groups -OCH3 is 2. The second-order valence-corrected chi connectivity index (χ2v) is 4.72. The number of rotatable bonds is 6. The van der Waals surface area contributed by atoms with Crippen LogP contribution in [0.3, 0.4) is 0 Å². The first-order valence-corrected chi connectivity index (χ1v) is 7.12. The third-order valence-corrected chi connectivity index (χ3v) is 3.15. The fourth-order valence-electron chi connectivity index (χ4n) is 2.09. The van der Waals surface area contributed by atoms with E-state index in [-0.39, 0.29) is 23.2 Å². The van der Waals surface area contributed by atoms with E-state index in [1.54, 1.807) is 19.1 Å². The molecule has 0 aliphatic carbocycles. The van der Waals surface area contributed by atoms with Gasteiger partial charge in [0.05, 0.1) is 26.0 Å². The van der Waals surface area contributed by atoms with Crippen LogP contribution in [0.5, 0.6) is 17.6 Å². The summed E-state index contributed by atoms with van der Waals surface area (Å²) in [5, 5.41) is 3.82. The number of H-pyrrole nitrogens is 1. The molecule has 2 aromatic rings. The number of hydrogen-bond donors (Lipinski definition) is 1. The monoisotopic (exact) mass is 347 g/mol. The fraction of sp³-hybridized carbons (Fsp3) is 0.250. The summed E-state index contributed by atoms with van der Waals surface area (Å²) in [4.78, 5) is 35.0. The van der Waals surface area contributed by atoms with E-state index < -0.39 is 11.5 Å². The lowest BCUT2D eigenvalue weighted by Gasteiger charge is -2.13. The number of aromatic nitrogens is 2. The molecule has 0 unspecified atom stereocenters. The maximum Gasteiger partial charge on any atom is 0.342 e. The normalized spacial score (nSPS) is 11.0. The van der Waals surface area contributed by atoms with Crippen LogP contribution in [0.15, 0.2) is 34.2 Å². The molecular formula is C16H17N3O6. The standard InChI is InChI=1S/C16H17N3O6/c1-9(19-24-4)10-6-5-7-11(14(10)15(21)23-3)25-16-17-12(20)8-13(18-16)22-2/h5-8H,1-4H3,(H,17,18,20)/b19-9-. The Morgan fingerprint density at radius 1 is 1.24 bits per heavy atom. The minimum atomic E-state index is -0.638. The quantitative estimate of drug-likeness (QED) is 0.481. The molecule has 1 aromatic heterocycles. The van der Waals surface area contributed by atoms with Crippen LogP contribution < -0.4 is 15.0 Å². The van der Waals surface area contributed by atoms with Crippen molar-refractivity contribution in [2.45, 2.75) is 6.92 Å². The largest absolute Gasteiger partial charge is 0.481 e. The minimum Gasteiger partial charge on any atom is -0.481 e. The zero-order valence-corrected chi connectivity index (χ0v) is 14.2. The van der Waals surface area contributed by atoms with Gasteiger partial charge in [0.15, 0.2) is 0 Å². The van der Waals surface area contributed by atoms with Gasteiger partial charge in [-0.3, -0.25) is 9.78 Å². The highest BCUT2D eigenvalue weighted by atomic mass is 16.6. The topological polar surface area (TPSA) is 112 Å². The minimum absolute atomic E-state index is 0.0756. The van der Waals surface area contributed by atoms with Crippen LogP contribution in [0.1, 0.15) is 22.8 Å². The van der Waals surface area contributed by atoms with Crippen LogP contribution in [0.4, 0.5) is 0 Å². The van der Waals surface area contributed by atoms with Gasteiger partial charge in [0.1, 0.15) is 18.4 Å². The molecule has 1 N–H and O–H groups in total. The maximum atomic E-state index is 12.2. The number of carbonyl (C=O) groups is 1. The van der Waals surface area contributed by atoms with E-state index >= 15 is 0 Å². The smallest absolute Gasteiger partial charge is 0.342 e. The van der Waals surface area contributed by atoms with Gasteiger partial charge in [0.2, 0.25) is 5.88 Å². The van der Waals surface area contributed by atoms with Crippen molar-refractivity contribution in [3.05, 3.63) is 45.7 Å². The molecule has 0 aliphatic heterocycles. The number of nitrogens with zero attached hydrogens (tertiary/aromatic N) is 2. The predicted octanol–water partition coefficient (Wildman–Crippen LogP) is 1.73. The Labute approximate surface area is 143 Å². The van der Waals surface area contributed by atoms with Crippen LogP contribution in [0.2, 0.25) is 0 Å². The van der Waals surface area contributed by atoms with Gasteiger partial charge in [-0.05, 0) is 13.0 Å². The van der Waals surface area contributed by atoms with E-state index in [9.17, 15) is 9.59 Å². The third kappa shape index (κ3) is 4.14. The van der Waals surface area contributed by atoms with Crippen LogP contribution in [0, 0.1) is 0 Å². The van der Waals surface area contributed by atoms with E-state index in [4.69, 9.17) is 19.0 Å². The Kier molecular flexibility index (Phi) is 5.72. The number of nitrogens with one attached hydrogen (secondary N) is 1. The van der Waals surface area contributed by atoms with Crippen LogP contribution in [-0.4, -0.2) is 43.0 Å². The third-order valence-electron chi connectivity index (χ3n) is 3.15. The summed E-state index contributed by atoms with van der Waals surface area (Å²) in [6, 6.07) is 5.89. The summed E-state index contributed by atoms with van der Waals surface area (Å²) in [7, 11) is 4.01. The lowest BCUT2D eigenvalue weighted by atomic mass is 10.0. The van der Waals surface area contributed by atoms with Gasteiger partial charge in [-0.1, -0.05) is 17.3 Å². The number of aromatic amines is 1. The molecule has 0 amide bonds. The second kappa shape index (κ2) is 7.95. The van der Waals surface area contributed by atoms with Gasteiger partial charge >= 0.3 is 12.0 Å². The number of hydrogen-bond acceptors (Lipinski definition) is 8. The molecule has 0 saturated carbocycles. The number of oxime groups is 1. The first-order valence-electron chi connectivity index (χ1n) is 7.12. The summed E-state index contributed by atoms with van der Waals surface area (Å²) in [5.41, 5.74) is 0.556. The molecule has 0 spiro atoms. The molecule has 0 bridgehead atoms. The summed E-state index contributed by atoms with van der Waals surface area (Å²) >= 11 is 0. The van der Waals surface area contributed by atoms with Crippen molar-refractivity contribution in [3.63, 3.8) is 0 Å². The Morgan fingerprint density at radius 3 is 2.64 bits per heavy atom. The van der Waals surface area contributed by atoms with Gasteiger partial charge in [-0.2, -0.15) is 4.98 Å². The molecule has 0 fully saturated rings. The van der Waals surface area contributed by atoms with Crippen molar-refractivity contribution in [3.8, 4) is 17.6 Å². The SMILES string of the molecule is CO/N=C(/C)c1cccc(Oc2nc(OC)cc(=O)[nH]2)c1C(=O)OC. The van der Waals surface area contributed by atoms with E-state index in [0.29, 0.717) is 11.3 Å². The highest BCUT2D eigenvalue weighted by Gasteiger charge is 2.21. The predicted molar refractivity (Wildman–Crippen MR) is 88.5 cm³/mol. The molecule has 0 radical (unpaired) electrons. The van der Waals surface area contributed by atoms with Crippen LogP contribution in [-0.2, 0) is 9.57 Å². The van der Waals surface area contributed by atoms with Gasteiger partial charge < -0.3 is 19.0 Å². The van der Waals surface area contributed by atoms with Crippen molar-refractivity contribution in [1.29, 1.82) is 0 Å². The van der Waals surface area contributed by atoms with E-state index in [1.165, 1.54) is 33.5 Å². The molecule has 2 rings (SSSR count). The van der Waals surface area contributed by atoms with E-state index in [0.717, 1.165) is 0 Å². The highest BCUT2D eigenvalue weighted by Crippen LogP contribution is 2.27. The molecule has 25 heavy (non-hydrogen) atoms. The lowest BCUT2D eigenvalue weighted by molar-refractivity contribution is 0.0597. The first kappa shape index (κ1) is 18.0. The fourth-order valence-corrected chi connectivity index (χ4v) is 2.09. The van der Waals surface area contributed by atoms with Crippen LogP contribution in [0.25, 0.3) is 0 Å². The average molecular weight is 347 g/mol. The molecule has 9 nitrogen and oxygen atoms in total. The van der Waals surface area contributed by atoms with Crippen LogP contribution >= 0.6 is 0 Å². The average Bonchev–Trinajstić information content (AvgIpc) is 2.60. The molecule has 0 atom stereocenters. The summed E-state index contributed by atoms with van der Waals surface area (Å²) in [6.45, 7) is 1.67. The Balaban J connectivity index is 2.56. The van der Waals surface area contributed by atoms with E-state index in [1.807, 2.05) is 0 Å². The van der Waals surface area contributed by atoms with Gasteiger partial charge in [-0.25, -0.2) is 4.79 Å². The second-order valence-electron chi connectivity index (χ2n) is 4.72. The van der Waals surface area contributed by atoms with Crippen molar-refractivity contribution < 1.29 is 23.8 Å². The van der Waals surface area contributed by atoms with Crippen molar-refractivity contribution in [1.82, 2.24) is 9.97 Å². The molecule has 0 aliphatic rings. The lowest BCUT2D eigenvalue weighted by Crippen LogP contribution is -2.13. The van der Waals surface area contributed by atoms with Crippen molar-refractivity contribution >= 4 is 11.7 Å². The number of esters is 1. The number of benzene rings is 1. The Bertz CT molecular complexity index is 859. The molecule has 1 aromatic carbocycles. The van der Waals surface area contributed by atoms with Gasteiger partial charge in [0.25, 0.3) is 5.56 Å². The van der Waals surface area contributed by atoms with Gasteiger partial charge in [-0.15, -0.1) is 0 Å². The number of carbonyl (C=O) groups excluding carboxylic acids is 1. The Hall–Kier alpha value is -3.36. The Morgan fingerprint density at radius 2 is 2.00 bits per heavy atom. The first-order chi connectivity index (χ1) is 12.0. The molecule has 9 heteroatoms. The highest BCUT2D eigenvalue weighted by molar-refractivity contribution is 6.09. The zero-order chi connectivity index (χ0) is 18.4. The molecular weight excluding hydrogens is 330 g/mol. The maximum absolute atomic E-state index is 12.2. The van der Waals surface area contributed by atoms with E-state index in [2.05, 4.69) is 15.1 Å². The summed E-state index contributed by atoms with van der Waals surface area (Å²) < 4.78 is 15.3. The van der Waals surface area contributed by atoms with Crippen molar-refractivity contribution in [2.75, 3.05) is 21.3 Å². The zero-order valence-electron chi connectivity index (χ0n) is 14.2. The molecule has 0 saturated heterocycles. The molecule has 132 valence electrons. The van der Waals surface area contributed by atoms with Crippen molar-refractivity contribution in [2.24, 2.45) is 5.16 Å². The number of ether oxygens (including phenoxy) is 3. The summed E-state index contributed by atoms with van der Waals surface area (Å²) in [5.74, 6) is -0.431. The molecule has 1 heterocycles. The van der Waals surface area contributed by atoms with Gasteiger partial charge in [0, 0.05) is 5.56 Å².